The van der Waals surface area contributed by atoms with E-state index in [4.69, 9.17) is 4.42 Å². The first-order valence-electron chi connectivity index (χ1n) is 24.9. The average Bonchev–Trinajstić information content (AvgIpc) is 3.97. The molecule has 0 atom stereocenters. The van der Waals surface area contributed by atoms with E-state index >= 15 is 0 Å². The summed E-state index contributed by atoms with van der Waals surface area (Å²) in [5.74, 6) is 0. The first kappa shape index (κ1) is 43.6. The number of hydrogen-bond acceptors (Lipinski definition) is 3. The van der Waals surface area contributed by atoms with E-state index in [-0.39, 0.29) is 16.2 Å². The Hall–Kier alpha value is -7.62. The lowest BCUT2D eigenvalue weighted by Gasteiger charge is -2.34. The van der Waals surface area contributed by atoms with Crippen LogP contribution in [-0.4, -0.2) is 0 Å². The summed E-state index contributed by atoms with van der Waals surface area (Å²) in [4.78, 5) is 4.75. The molecular weight excluding hydrogens is 849 g/mol. The van der Waals surface area contributed by atoms with E-state index < -0.39 is 5.41 Å². The van der Waals surface area contributed by atoms with Gasteiger partial charge in [0.15, 0.2) is 0 Å². The van der Waals surface area contributed by atoms with Gasteiger partial charge in [0, 0.05) is 44.9 Å². The Kier molecular flexibility index (Phi) is 9.79. The third kappa shape index (κ3) is 6.84. The molecule has 0 radical (unpaired) electrons. The largest absolute Gasteiger partial charge is 0.456 e. The Balaban J connectivity index is 1.11. The molecule has 10 aromatic rings. The number of para-hydroxylation sites is 3. The van der Waals surface area contributed by atoms with E-state index in [0.717, 1.165) is 56.1 Å². The van der Waals surface area contributed by atoms with Gasteiger partial charge < -0.3 is 14.2 Å². The molecule has 0 saturated carbocycles. The molecule has 0 unspecified atom stereocenters. The maximum atomic E-state index is 6.40. The summed E-state index contributed by atoms with van der Waals surface area (Å²) in [5.41, 5.74) is 22.4. The first-order chi connectivity index (χ1) is 33.6. The lowest BCUT2D eigenvalue weighted by Crippen LogP contribution is -2.28. The zero-order valence-corrected chi connectivity index (χ0v) is 41.9. The summed E-state index contributed by atoms with van der Waals surface area (Å²) in [6, 6.07) is 74.7. The summed E-state index contributed by atoms with van der Waals surface area (Å²) in [6.45, 7) is 21.1. The molecule has 0 amide bonds. The molecule has 0 N–H and O–H groups in total. The number of rotatable bonds is 6. The van der Waals surface area contributed by atoms with Crippen molar-refractivity contribution in [3.63, 3.8) is 0 Å². The highest BCUT2D eigenvalue weighted by molar-refractivity contribution is 6.07. The van der Waals surface area contributed by atoms with E-state index in [9.17, 15) is 0 Å². The number of nitrogens with zero attached hydrogens (tertiary/aromatic N) is 2. The average molecular weight is 909 g/mol. The molecule has 0 bridgehead atoms. The van der Waals surface area contributed by atoms with Gasteiger partial charge >= 0.3 is 0 Å². The van der Waals surface area contributed by atoms with E-state index in [2.05, 4.69) is 266 Å². The van der Waals surface area contributed by atoms with E-state index in [0.29, 0.717) is 0 Å². The molecule has 344 valence electrons. The third-order valence-corrected chi connectivity index (χ3v) is 15.1. The Morgan fingerprint density at radius 3 is 1.19 bits per heavy atom. The lowest BCUT2D eigenvalue weighted by molar-refractivity contribution is 0.584. The van der Waals surface area contributed by atoms with Crippen LogP contribution in [0.5, 0.6) is 0 Å². The van der Waals surface area contributed by atoms with Crippen molar-refractivity contribution in [1.82, 2.24) is 0 Å². The molecule has 12 rings (SSSR count). The number of furan rings is 1. The number of benzene rings is 9. The molecule has 0 fully saturated rings. The Morgan fingerprint density at radius 1 is 0.300 bits per heavy atom. The van der Waals surface area contributed by atoms with Crippen LogP contribution in [0.3, 0.4) is 0 Å². The summed E-state index contributed by atoms with van der Waals surface area (Å²) in [7, 11) is 0. The summed E-state index contributed by atoms with van der Waals surface area (Å²) < 4.78 is 6.40. The van der Waals surface area contributed by atoms with Crippen LogP contribution >= 0.6 is 0 Å². The van der Waals surface area contributed by atoms with Gasteiger partial charge in [-0.15, -0.1) is 0 Å². The van der Waals surface area contributed by atoms with Crippen molar-refractivity contribution in [2.24, 2.45) is 0 Å². The monoisotopic (exact) mass is 908 g/mol. The van der Waals surface area contributed by atoms with Crippen molar-refractivity contribution >= 4 is 56.1 Å². The first-order valence-corrected chi connectivity index (χ1v) is 24.9. The molecule has 3 nitrogen and oxygen atoms in total. The summed E-state index contributed by atoms with van der Waals surface area (Å²) in [6.07, 6.45) is 0. The van der Waals surface area contributed by atoms with Crippen LogP contribution in [-0.2, 0) is 21.7 Å². The second kappa shape index (κ2) is 15.7. The fraction of sp³-hybridized carbons (Fsp3) is 0.194. The van der Waals surface area contributed by atoms with Crippen molar-refractivity contribution in [3.05, 3.63) is 239 Å². The van der Waals surface area contributed by atoms with Crippen molar-refractivity contribution < 1.29 is 4.42 Å². The molecule has 3 heteroatoms. The second-order valence-electron chi connectivity index (χ2n) is 22.6. The standard InChI is InChI=1S/C67H60N2O/c1-64(2,3)43-24-33-52-53-34-25-44(65(4,5)6)39-60(53)67(59(52)38-43)58-36-31-50(41-56(58)54-35-26-45(40-61(54)67)66(7,8)9)69(51-32-37-63-57(42-51)55-22-16-17-23-62(55)70-63)49-29-27-48(28-30-49)68(46-18-12-10-13-19-46)47-20-14-11-15-21-47/h10-42H,1-9H3. The van der Waals surface area contributed by atoms with E-state index in [1.54, 1.807) is 0 Å². The van der Waals surface area contributed by atoms with Crippen LogP contribution in [0.25, 0.3) is 44.2 Å². The van der Waals surface area contributed by atoms with Gasteiger partial charge in [-0.1, -0.05) is 178 Å². The normalized spacial score (nSPS) is 13.6. The van der Waals surface area contributed by atoms with Crippen LogP contribution in [0.1, 0.15) is 101 Å². The number of hydrogen-bond donors (Lipinski definition) is 0. The fourth-order valence-electron chi connectivity index (χ4n) is 11.4. The summed E-state index contributed by atoms with van der Waals surface area (Å²) in [5, 5.41) is 2.20. The fourth-order valence-corrected chi connectivity index (χ4v) is 11.4. The molecule has 1 heterocycles. The maximum absolute atomic E-state index is 6.40. The van der Waals surface area contributed by atoms with Gasteiger partial charge in [0.05, 0.1) is 5.41 Å². The van der Waals surface area contributed by atoms with Gasteiger partial charge in [0.1, 0.15) is 11.2 Å². The SMILES string of the molecule is CC(C)(C)c1ccc2c(c1)C1(c3ccc(N(c4ccc(N(c5ccccc5)c5ccccc5)cc4)c4ccc5oc6ccccc6c5c4)cc3-2)c2cc(C(C)(C)C)ccc2-c2ccc(C(C)(C)C)cc21. The molecule has 1 aromatic heterocycles. The van der Waals surface area contributed by atoms with Gasteiger partial charge in [0.2, 0.25) is 0 Å². The predicted molar refractivity (Wildman–Crippen MR) is 295 cm³/mol. The number of fused-ring (bicyclic) bond motifs is 13. The van der Waals surface area contributed by atoms with Crippen molar-refractivity contribution in [3.8, 4) is 22.3 Å². The van der Waals surface area contributed by atoms with E-state index in [1.165, 1.54) is 61.2 Å². The quantitative estimate of drug-likeness (QED) is 0.166. The van der Waals surface area contributed by atoms with Crippen LogP contribution in [0, 0.1) is 0 Å². The lowest BCUT2D eigenvalue weighted by atomic mass is 9.68. The second-order valence-corrected chi connectivity index (χ2v) is 22.6. The highest BCUT2D eigenvalue weighted by Crippen LogP contribution is 2.64. The van der Waals surface area contributed by atoms with Crippen molar-refractivity contribution in [2.75, 3.05) is 9.80 Å². The van der Waals surface area contributed by atoms with Gasteiger partial charge in [-0.25, -0.2) is 0 Å². The maximum Gasteiger partial charge on any atom is 0.135 e. The van der Waals surface area contributed by atoms with Crippen molar-refractivity contribution in [1.29, 1.82) is 0 Å². The smallest absolute Gasteiger partial charge is 0.135 e. The van der Waals surface area contributed by atoms with Crippen LogP contribution < -0.4 is 9.80 Å². The van der Waals surface area contributed by atoms with Crippen LogP contribution in [0.2, 0.25) is 0 Å². The minimum atomic E-state index is -0.517. The topological polar surface area (TPSA) is 19.6 Å². The molecule has 70 heavy (non-hydrogen) atoms. The molecule has 0 aliphatic heterocycles. The molecule has 2 aliphatic carbocycles. The van der Waals surface area contributed by atoms with Gasteiger partial charge in [0.25, 0.3) is 0 Å². The molecule has 0 saturated heterocycles. The molecule has 1 spiro atoms. The third-order valence-electron chi connectivity index (χ3n) is 15.1. The zero-order chi connectivity index (χ0) is 48.3. The van der Waals surface area contributed by atoms with Gasteiger partial charge in [-0.2, -0.15) is 0 Å². The Bertz CT molecular complexity index is 3550. The molecular formula is C67H60N2O. The Morgan fingerprint density at radius 2 is 0.686 bits per heavy atom. The Labute approximate surface area is 413 Å². The number of anilines is 6. The predicted octanol–water partition coefficient (Wildman–Crippen LogP) is 18.8. The molecule has 9 aromatic carbocycles. The van der Waals surface area contributed by atoms with Gasteiger partial charge in [-0.3, -0.25) is 0 Å². The zero-order valence-electron chi connectivity index (χ0n) is 41.9. The highest BCUT2D eigenvalue weighted by Gasteiger charge is 2.53. The minimum Gasteiger partial charge on any atom is -0.456 e. The highest BCUT2D eigenvalue weighted by atomic mass is 16.3. The van der Waals surface area contributed by atoms with E-state index in [1.807, 2.05) is 6.07 Å². The van der Waals surface area contributed by atoms with Crippen LogP contribution in [0.4, 0.5) is 34.1 Å². The summed E-state index contributed by atoms with van der Waals surface area (Å²) >= 11 is 0. The minimum absolute atomic E-state index is 0.0281. The van der Waals surface area contributed by atoms with Crippen LogP contribution in [0.15, 0.2) is 205 Å². The molecule has 2 aliphatic rings. The van der Waals surface area contributed by atoms with Crippen molar-refractivity contribution in [2.45, 2.75) is 84.0 Å². The van der Waals surface area contributed by atoms with Gasteiger partial charge in [-0.05, 0) is 162 Å².